The minimum absolute atomic E-state index is 0. The molecule has 0 atom stereocenters. The Labute approximate surface area is 167 Å². The van der Waals surface area contributed by atoms with Crippen LogP contribution in [0.2, 0.25) is 0 Å². The first-order valence-corrected chi connectivity index (χ1v) is 8.71. The fraction of sp³-hybridized carbons (Fsp3) is 0.0476. The molecule has 0 aliphatic rings. The van der Waals surface area contributed by atoms with Crippen molar-refractivity contribution in [2.45, 2.75) is 6.54 Å². The lowest BCUT2D eigenvalue weighted by atomic mass is 10.1. The van der Waals surface area contributed by atoms with Gasteiger partial charge in [0.25, 0.3) is 0 Å². The van der Waals surface area contributed by atoms with E-state index in [9.17, 15) is 5.11 Å². The smallest absolute Gasteiger partial charge is 0.176 e. The summed E-state index contributed by atoms with van der Waals surface area (Å²) in [6.07, 6.45) is 7.89. The van der Waals surface area contributed by atoms with Crippen molar-refractivity contribution in [1.82, 2.24) is 0 Å². The van der Waals surface area contributed by atoms with Gasteiger partial charge in [-0.15, -0.1) is 12.4 Å². The number of hydrogen-bond donors (Lipinski definition) is 0. The van der Waals surface area contributed by atoms with Gasteiger partial charge >= 0.3 is 0 Å². The highest BCUT2D eigenvalue weighted by molar-refractivity contribution is 9.10. The zero-order chi connectivity index (χ0) is 17.5. The maximum Gasteiger partial charge on any atom is 0.176 e. The van der Waals surface area contributed by atoms with E-state index in [1.807, 2.05) is 77.6 Å². The van der Waals surface area contributed by atoms with Gasteiger partial charge in [-0.25, -0.2) is 4.57 Å². The van der Waals surface area contributed by atoms with Gasteiger partial charge in [0.15, 0.2) is 18.9 Å². The number of aromatic nitrogens is 1. The van der Waals surface area contributed by atoms with E-state index < -0.39 is 0 Å². The number of rotatable bonds is 5. The zero-order valence-electron chi connectivity index (χ0n) is 14.0. The molecule has 0 aliphatic heterocycles. The van der Waals surface area contributed by atoms with E-state index in [4.69, 9.17) is 0 Å². The molecule has 2 aromatic carbocycles. The number of hydrogen-bond acceptors (Lipinski definition) is 2. The number of halogens is 2. The largest absolute Gasteiger partial charge is 0.857 e. The minimum atomic E-state index is -0.181. The lowest BCUT2D eigenvalue weighted by Gasteiger charge is -2.07. The van der Waals surface area contributed by atoms with Crippen LogP contribution in [0.4, 0.5) is 5.69 Å². The second-order valence-corrected chi connectivity index (χ2v) is 6.45. The van der Waals surface area contributed by atoms with Crippen LogP contribution < -0.4 is 9.67 Å². The van der Waals surface area contributed by atoms with Crippen molar-refractivity contribution in [3.8, 4) is 0 Å². The van der Waals surface area contributed by atoms with Crippen LogP contribution in [-0.4, -0.2) is 5.90 Å². The Morgan fingerprint density at radius 2 is 1.46 bits per heavy atom. The summed E-state index contributed by atoms with van der Waals surface area (Å²) < 4.78 is 2.79. The van der Waals surface area contributed by atoms with Gasteiger partial charge in [-0.3, -0.25) is 4.99 Å². The summed E-state index contributed by atoms with van der Waals surface area (Å²) in [5.74, 6) is -0.181. The van der Waals surface area contributed by atoms with Crippen molar-refractivity contribution in [1.29, 1.82) is 0 Å². The second kappa shape index (κ2) is 9.90. The molecule has 0 aliphatic carbocycles. The van der Waals surface area contributed by atoms with E-state index in [1.165, 1.54) is 0 Å². The average molecular weight is 430 g/mol. The van der Waals surface area contributed by atoms with Crippen LogP contribution >= 0.6 is 28.3 Å². The quantitative estimate of drug-likeness (QED) is 0.336. The van der Waals surface area contributed by atoms with Gasteiger partial charge in [-0.05, 0) is 35.4 Å². The summed E-state index contributed by atoms with van der Waals surface area (Å²) >= 11 is 3.36. The molecule has 0 saturated heterocycles. The minimum Gasteiger partial charge on any atom is -0.857 e. The maximum atomic E-state index is 12.0. The van der Waals surface area contributed by atoms with Crippen LogP contribution in [0.1, 0.15) is 11.1 Å². The molecule has 0 amide bonds. The molecule has 0 unspecified atom stereocenters. The lowest BCUT2D eigenvalue weighted by molar-refractivity contribution is -0.687. The van der Waals surface area contributed by atoms with Crippen molar-refractivity contribution < 1.29 is 9.67 Å². The highest BCUT2D eigenvalue weighted by atomic mass is 79.9. The predicted molar refractivity (Wildman–Crippen MR) is 110 cm³/mol. The van der Waals surface area contributed by atoms with Crippen LogP contribution in [0.3, 0.4) is 0 Å². The third-order valence-corrected chi connectivity index (χ3v) is 4.11. The summed E-state index contributed by atoms with van der Waals surface area (Å²) in [4.78, 5) is 4.10. The van der Waals surface area contributed by atoms with Gasteiger partial charge in [0.05, 0.1) is 5.69 Å². The number of nitrogens with zero attached hydrogens (tertiary/aromatic N) is 2. The standard InChI is InChI=1S/C21H17BrN2O.ClH/c22-19-8-10-20(11-9-19)23-21(25)16-24-14-12-18(13-15-24)7-6-17-4-2-1-3-5-17;/h1-15H,16H2;1H/b7-6+;. The number of pyridine rings is 1. The van der Waals surface area contributed by atoms with Gasteiger partial charge in [-0.2, -0.15) is 0 Å². The highest BCUT2D eigenvalue weighted by Crippen LogP contribution is 2.16. The molecule has 5 heteroatoms. The molecule has 132 valence electrons. The molecule has 0 N–H and O–H groups in total. The molecule has 0 bridgehead atoms. The van der Waals surface area contributed by atoms with Gasteiger partial charge < -0.3 is 5.11 Å². The maximum absolute atomic E-state index is 12.0. The zero-order valence-corrected chi connectivity index (χ0v) is 16.4. The van der Waals surface area contributed by atoms with Crippen LogP contribution in [-0.2, 0) is 6.54 Å². The Morgan fingerprint density at radius 3 is 2.08 bits per heavy atom. The molecule has 0 fully saturated rings. The molecule has 26 heavy (non-hydrogen) atoms. The third kappa shape index (κ3) is 6.14. The molecule has 0 saturated carbocycles. The first-order chi connectivity index (χ1) is 12.2. The predicted octanol–water partition coefficient (Wildman–Crippen LogP) is 4.42. The summed E-state index contributed by atoms with van der Waals surface area (Å²) in [6, 6.07) is 21.5. The van der Waals surface area contributed by atoms with Gasteiger partial charge in [0.1, 0.15) is 0 Å². The van der Waals surface area contributed by atoms with Gasteiger partial charge in [-0.1, -0.05) is 58.4 Å². The van der Waals surface area contributed by atoms with Crippen molar-refractivity contribution in [2.24, 2.45) is 4.99 Å². The first kappa shape index (κ1) is 19.9. The van der Waals surface area contributed by atoms with Crippen LogP contribution in [0.25, 0.3) is 12.2 Å². The normalized spacial score (nSPS) is 11.3. The van der Waals surface area contributed by atoms with E-state index in [0.717, 1.165) is 15.6 Å². The van der Waals surface area contributed by atoms with Crippen molar-refractivity contribution in [2.75, 3.05) is 0 Å². The van der Waals surface area contributed by atoms with Crippen LogP contribution in [0.5, 0.6) is 0 Å². The van der Waals surface area contributed by atoms with E-state index in [0.29, 0.717) is 5.69 Å². The summed E-state index contributed by atoms with van der Waals surface area (Å²) in [6.45, 7) is 0.221. The Morgan fingerprint density at radius 1 is 0.885 bits per heavy atom. The molecular formula is C21H18BrClN2O. The molecular weight excluding hydrogens is 412 g/mol. The Hall–Kier alpha value is -2.43. The molecule has 1 aromatic heterocycles. The lowest BCUT2D eigenvalue weighted by Crippen LogP contribution is -2.41. The fourth-order valence-corrected chi connectivity index (χ4v) is 2.56. The third-order valence-electron chi connectivity index (χ3n) is 3.58. The molecule has 3 rings (SSSR count). The second-order valence-electron chi connectivity index (χ2n) is 5.53. The first-order valence-electron chi connectivity index (χ1n) is 7.91. The van der Waals surface area contributed by atoms with Crippen molar-refractivity contribution in [3.05, 3.63) is 94.7 Å². The highest BCUT2D eigenvalue weighted by Gasteiger charge is 2.00. The van der Waals surface area contributed by atoms with Crippen molar-refractivity contribution in [3.63, 3.8) is 0 Å². The average Bonchev–Trinajstić information content (AvgIpc) is 2.64. The Balaban J connectivity index is 0.00000243. The monoisotopic (exact) mass is 428 g/mol. The summed E-state index contributed by atoms with van der Waals surface area (Å²) in [5, 5.41) is 12.0. The van der Waals surface area contributed by atoms with Crippen LogP contribution in [0.15, 0.2) is 88.6 Å². The molecule has 1 heterocycles. The summed E-state index contributed by atoms with van der Waals surface area (Å²) in [7, 11) is 0. The molecule has 3 nitrogen and oxygen atoms in total. The van der Waals surface area contributed by atoms with Crippen LogP contribution in [0, 0.1) is 0 Å². The van der Waals surface area contributed by atoms with Gasteiger partial charge in [0.2, 0.25) is 0 Å². The van der Waals surface area contributed by atoms with Crippen molar-refractivity contribution >= 4 is 52.1 Å². The Bertz CT molecular complexity index is 876. The van der Waals surface area contributed by atoms with E-state index in [2.05, 4.69) is 39.1 Å². The summed E-state index contributed by atoms with van der Waals surface area (Å²) in [5.41, 5.74) is 2.90. The number of aliphatic imine (C=N–C) groups is 1. The topological polar surface area (TPSA) is 39.3 Å². The van der Waals surface area contributed by atoms with E-state index in [-0.39, 0.29) is 24.8 Å². The molecule has 0 spiro atoms. The van der Waals surface area contributed by atoms with E-state index in [1.54, 1.807) is 0 Å². The SMILES string of the molecule is Cl.[O-]C(C[n+]1ccc(/C=C/c2ccccc2)cc1)=Nc1ccc(Br)cc1. The fourth-order valence-electron chi connectivity index (χ4n) is 2.29. The van der Waals surface area contributed by atoms with E-state index >= 15 is 0 Å². The Kier molecular flexibility index (Phi) is 7.57. The molecule has 3 aromatic rings. The number of benzene rings is 2. The molecule has 0 radical (unpaired) electrons. The van der Waals surface area contributed by atoms with Gasteiger partial charge in [0, 0.05) is 22.5 Å².